The lowest BCUT2D eigenvalue weighted by atomic mass is 9.82. The zero-order chi connectivity index (χ0) is 38.2. The summed E-state index contributed by atoms with van der Waals surface area (Å²) in [6.07, 6.45) is 1.71. The fraction of sp³-hybridized carbons (Fsp3) is 0.127. The van der Waals surface area contributed by atoms with Gasteiger partial charge in [0.25, 0.3) is 0 Å². The van der Waals surface area contributed by atoms with Gasteiger partial charge in [-0.3, -0.25) is 0 Å². The molecule has 1 heteroatoms. The Morgan fingerprint density at radius 2 is 0.857 bits per heavy atom. The van der Waals surface area contributed by atoms with Gasteiger partial charge in [0.05, 0.1) is 0 Å². The molecule has 0 spiro atoms. The number of nitrogens with zero attached hydrogens (tertiary/aromatic N) is 1. The van der Waals surface area contributed by atoms with Crippen LogP contribution in [-0.4, -0.2) is 0 Å². The smallest absolute Gasteiger partial charge is 0.0465 e. The Kier molecular flexibility index (Phi) is 9.23. The fourth-order valence-corrected chi connectivity index (χ4v) is 8.63. The largest absolute Gasteiger partial charge is 0.310 e. The topological polar surface area (TPSA) is 3.24 Å². The van der Waals surface area contributed by atoms with E-state index >= 15 is 0 Å². The lowest BCUT2D eigenvalue weighted by Crippen LogP contribution is -2.16. The molecule has 0 radical (unpaired) electrons. The van der Waals surface area contributed by atoms with Crippen LogP contribution in [0.1, 0.15) is 58.4 Å². The summed E-state index contributed by atoms with van der Waals surface area (Å²) >= 11 is 0. The standard InChI is InChI=1S/C55H47N/c1-38-18-22-40(23-19-38)34-44-14-8-9-15-49(44)50-32-30-47(36-45(50)35-41-24-20-39(2)21-25-41)56(46-28-26-43(27-29-46)42-12-6-5-7-13-42)48-31-33-52-51-16-10-11-17-53(51)55(3,4)54(52)37-48/h5-33,36-37H,34-35H2,1-4H3. The van der Waals surface area contributed by atoms with E-state index in [1.165, 1.54) is 77.9 Å². The number of aryl methyl sites for hydroxylation is 2. The molecule has 0 aromatic heterocycles. The van der Waals surface area contributed by atoms with Gasteiger partial charge in [-0.2, -0.15) is 0 Å². The number of hydrogen-bond donors (Lipinski definition) is 0. The SMILES string of the molecule is Cc1ccc(Cc2ccccc2-c2ccc(N(c3ccc(-c4ccccc4)cc3)c3ccc4c(c3)C(C)(C)c3ccccc3-4)cc2Cc2ccc(C)cc2)cc1. The van der Waals surface area contributed by atoms with Crippen molar-refractivity contribution < 1.29 is 0 Å². The minimum atomic E-state index is -0.105. The predicted molar refractivity (Wildman–Crippen MR) is 238 cm³/mol. The van der Waals surface area contributed by atoms with E-state index < -0.39 is 0 Å². The van der Waals surface area contributed by atoms with E-state index in [0.29, 0.717) is 0 Å². The van der Waals surface area contributed by atoms with Crippen LogP contribution in [0.3, 0.4) is 0 Å². The molecule has 0 unspecified atom stereocenters. The minimum absolute atomic E-state index is 0.105. The average Bonchev–Trinajstić information content (AvgIpc) is 3.46. The summed E-state index contributed by atoms with van der Waals surface area (Å²) in [5.41, 5.74) is 21.6. The number of rotatable bonds is 9. The normalized spacial score (nSPS) is 12.6. The van der Waals surface area contributed by atoms with Gasteiger partial charge in [0.2, 0.25) is 0 Å². The second-order valence-electron chi connectivity index (χ2n) is 16.0. The molecule has 0 atom stereocenters. The number of fused-ring (bicyclic) bond motifs is 3. The second kappa shape index (κ2) is 14.7. The van der Waals surface area contributed by atoms with Crippen molar-refractivity contribution in [1.29, 1.82) is 0 Å². The third kappa shape index (κ3) is 6.75. The molecular formula is C55H47N. The summed E-state index contributed by atoms with van der Waals surface area (Å²) in [5, 5.41) is 0. The molecule has 272 valence electrons. The van der Waals surface area contributed by atoms with E-state index in [1.807, 2.05) is 0 Å². The summed E-state index contributed by atoms with van der Waals surface area (Å²) in [6.45, 7) is 9.04. The first-order chi connectivity index (χ1) is 27.3. The molecule has 1 nitrogen and oxygen atoms in total. The predicted octanol–water partition coefficient (Wildman–Crippen LogP) is 14.6. The van der Waals surface area contributed by atoms with Crippen LogP contribution in [0.5, 0.6) is 0 Å². The summed E-state index contributed by atoms with van der Waals surface area (Å²) in [6, 6.07) is 69.8. The van der Waals surface area contributed by atoms with Crippen LogP contribution in [0.25, 0.3) is 33.4 Å². The Hall–Kier alpha value is -6.44. The van der Waals surface area contributed by atoms with Gasteiger partial charge < -0.3 is 4.90 Å². The van der Waals surface area contributed by atoms with Crippen LogP contribution in [0, 0.1) is 13.8 Å². The van der Waals surface area contributed by atoms with Crippen molar-refractivity contribution >= 4 is 17.1 Å². The average molecular weight is 722 g/mol. The summed E-state index contributed by atoms with van der Waals surface area (Å²) < 4.78 is 0. The van der Waals surface area contributed by atoms with Crippen molar-refractivity contribution in [2.24, 2.45) is 0 Å². The van der Waals surface area contributed by atoms with Gasteiger partial charge in [-0.05, 0) is 130 Å². The summed E-state index contributed by atoms with van der Waals surface area (Å²) in [4.78, 5) is 2.45. The highest BCUT2D eigenvalue weighted by atomic mass is 15.1. The maximum absolute atomic E-state index is 2.45. The van der Waals surface area contributed by atoms with Crippen molar-refractivity contribution in [2.75, 3.05) is 4.90 Å². The van der Waals surface area contributed by atoms with Crippen molar-refractivity contribution in [1.82, 2.24) is 0 Å². The first kappa shape index (κ1) is 35.3. The zero-order valence-corrected chi connectivity index (χ0v) is 32.8. The Bertz CT molecular complexity index is 2650. The van der Waals surface area contributed by atoms with Gasteiger partial charge in [0.15, 0.2) is 0 Å². The molecule has 1 aliphatic rings. The first-order valence-corrected chi connectivity index (χ1v) is 19.8. The minimum Gasteiger partial charge on any atom is -0.310 e. The molecule has 0 fully saturated rings. The quantitative estimate of drug-likeness (QED) is 0.143. The van der Waals surface area contributed by atoms with E-state index in [9.17, 15) is 0 Å². The van der Waals surface area contributed by atoms with Gasteiger partial charge in [0.1, 0.15) is 0 Å². The Balaban J connectivity index is 1.20. The maximum Gasteiger partial charge on any atom is 0.0465 e. The molecular weight excluding hydrogens is 675 g/mol. The van der Waals surface area contributed by atoms with Crippen LogP contribution in [0.15, 0.2) is 188 Å². The lowest BCUT2D eigenvalue weighted by molar-refractivity contribution is 0.660. The zero-order valence-electron chi connectivity index (χ0n) is 32.8. The first-order valence-electron chi connectivity index (χ1n) is 19.8. The molecule has 1 aliphatic carbocycles. The van der Waals surface area contributed by atoms with Gasteiger partial charge in [0, 0.05) is 22.5 Å². The summed E-state index contributed by atoms with van der Waals surface area (Å²) in [5.74, 6) is 0. The number of hydrogen-bond acceptors (Lipinski definition) is 1. The molecule has 0 aliphatic heterocycles. The van der Waals surface area contributed by atoms with Crippen molar-refractivity contribution in [3.8, 4) is 33.4 Å². The highest BCUT2D eigenvalue weighted by Gasteiger charge is 2.35. The van der Waals surface area contributed by atoms with E-state index in [0.717, 1.165) is 29.9 Å². The molecule has 9 rings (SSSR count). The van der Waals surface area contributed by atoms with E-state index in [2.05, 4.69) is 221 Å². The molecule has 0 amide bonds. The van der Waals surface area contributed by atoms with Crippen molar-refractivity contribution in [3.05, 3.63) is 233 Å². The fourth-order valence-electron chi connectivity index (χ4n) is 8.63. The molecule has 56 heavy (non-hydrogen) atoms. The van der Waals surface area contributed by atoms with Crippen LogP contribution in [-0.2, 0) is 18.3 Å². The monoisotopic (exact) mass is 721 g/mol. The lowest BCUT2D eigenvalue weighted by Gasteiger charge is -2.29. The van der Waals surface area contributed by atoms with Crippen LogP contribution < -0.4 is 4.90 Å². The third-order valence-electron chi connectivity index (χ3n) is 11.7. The molecule has 0 bridgehead atoms. The number of anilines is 3. The van der Waals surface area contributed by atoms with Gasteiger partial charge in [-0.15, -0.1) is 0 Å². The molecule has 0 N–H and O–H groups in total. The molecule has 0 saturated heterocycles. The third-order valence-corrected chi connectivity index (χ3v) is 11.7. The van der Waals surface area contributed by atoms with E-state index in [1.54, 1.807) is 0 Å². The molecule has 0 heterocycles. The van der Waals surface area contributed by atoms with Crippen LogP contribution in [0.4, 0.5) is 17.1 Å². The Morgan fingerprint density at radius 3 is 1.54 bits per heavy atom. The Morgan fingerprint density at radius 1 is 0.375 bits per heavy atom. The Labute approximate surface area is 332 Å². The summed E-state index contributed by atoms with van der Waals surface area (Å²) in [7, 11) is 0. The second-order valence-corrected chi connectivity index (χ2v) is 16.0. The van der Waals surface area contributed by atoms with E-state index in [-0.39, 0.29) is 5.41 Å². The van der Waals surface area contributed by atoms with E-state index in [4.69, 9.17) is 0 Å². The number of benzene rings is 8. The maximum atomic E-state index is 2.45. The highest BCUT2D eigenvalue weighted by molar-refractivity contribution is 5.87. The van der Waals surface area contributed by atoms with Crippen molar-refractivity contribution in [2.45, 2.75) is 46.0 Å². The van der Waals surface area contributed by atoms with Crippen LogP contribution >= 0.6 is 0 Å². The van der Waals surface area contributed by atoms with Crippen LogP contribution in [0.2, 0.25) is 0 Å². The van der Waals surface area contributed by atoms with Gasteiger partial charge >= 0.3 is 0 Å². The highest BCUT2D eigenvalue weighted by Crippen LogP contribution is 2.51. The van der Waals surface area contributed by atoms with Gasteiger partial charge in [-0.25, -0.2) is 0 Å². The van der Waals surface area contributed by atoms with Gasteiger partial charge in [-0.1, -0.05) is 177 Å². The van der Waals surface area contributed by atoms with Crippen molar-refractivity contribution in [3.63, 3.8) is 0 Å². The molecule has 0 saturated carbocycles. The molecule has 8 aromatic rings. The molecule has 8 aromatic carbocycles.